The summed E-state index contributed by atoms with van der Waals surface area (Å²) in [5.74, 6) is 0.285. The molecule has 32 heavy (non-hydrogen) atoms. The van der Waals surface area contributed by atoms with Crippen LogP contribution in [0.1, 0.15) is 30.0 Å². The molecule has 0 radical (unpaired) electrons. The molecular weight excluding hydrogens is 427 g/mol. The minimum absolute atomic E-state index is 0.0120. The van der Waals surface area contributed by atoms with Crippen LogP contribution in [0.2, 0.25) is 5.02 Å². The Morgan fingerprint density at radius 2 is 1.88 bits per heavy atom. The third-order valence-corrected chi connectivity index (χ3v) is 6.12. The summed E-state index contributed by atoms with van der Waals surface area (Å²) in [6, 6.07) is 14.3. The number of amides is 1. The van der Waals surface area contributed by atoms with E-state index in [9.17, 15) is 9.18 Å². The Kier molecular flexibility index (Phi) is 5.31. The second-order valence-corrected chi connectivity index (χ2v) is 8.43. The lowest BCUT2D eigenvalue weighted by atomic mass is 9.89. The van der Waals surface area contributed by atoms with Gasteiger partial charge in [0.1, 0.15) is 11.6 Å². The van der Waals surface area contributed by atoms with Crippen LogP contribution in [0.5, 0.6) is 0 Å². The number of piperidine rings is 1. The van der Waals surface area contributed by atoms with Gasteiger partial charge >= 0.3 is 0 Å². The molecule has 0 N–H and O–H groups in total. The average Bonchev–Trinajstić information content (AvgIpc) is 2.80. The van der Waals surface area contributed by atoms with Crippen LogP contribution in [0.25, 0.3) is 22.2 Å². The normalized spacial score (nSPS) is 16.5. The van der Waals surface area contributed by atoms with Crippen LogP contribution < -0.4 is 4.90 Å². The lowest BCUT2D eigenvalue weighted by molar-refractivity contribution is -0.120. The van der Waals surface area contributed by atoms with E-state index >= 15 is 0 Å². The SMILES string of the molecule is Cc1cc(-c2nccnc2C2CCN(c3ccc4ccc(Cl)cc4n3)C(=O)C2)ccc1F. The van der Waals surface area contributed by atoms with E-state index < -0.39 is 0 Å². The minimum atomic E-state index is -0.258. The van der Waals surface area contributed by atoms with Crippen molar-refractivity contribution in [3.63, 3.8) is 0 Å². The summed E-state index contributed by atoms with van der Waals surface area (Å²) in [7, 11) is 0. The fourth-order valence-electron chi connectivity index (χ4n) is 4.20. The van der Waals surface area contributed by atoms with Gasteiger partial charge in [0.05, 0.1) is 16.9 Å². The lowest BCUT2D eigenvalue weighted by Gasteiger charge is -2.31. The van der Waals surface area contributed by atoms with Crippen LogP contribution >= 0.6 is 11.6 Å². The van der Waals surface area contributed by atoms with Gasteiger partial charge < -0.3 is 0 Å². The zero-order valence-corrected chi connectivity index (χ0v) is 18.2. The Morgan fingerprint density at radius 1 is 1.06 bits per heavy atom. The molecule has 1 aliphatic heterocycles. The minimum Gasteiger partial charge on any atom is -0.297 e. The standard InChI is InChI=1S/C25H20ClFN4O/c1-15-12-17(3-6-20(15)27)24-25(29-10-9-28-24)18-8-11-31(23(32)13-18)22-7-4-16-2-5-19(26)14-21(16)30-22/h2-7,9-10,12,14,18H,8,11,13H2,1H3. The van der Waals surface area contributed by atoms with Gasteiger partial charge in [-0.1, -0.05) is 17.7 Å². The van der Waals surface area contributed by atoms with Crippen LogP contribution in [-0.2, 0) is 4.79 Å². The third kappa shape index (κ3) is 3.82. The Bertz CT molecular complexity index is 1340. The van der Waals surface area contributed by atoms with Crippen molar-refractivity contribution in [2.45, 2.75) is 25.7 Å². The molecule has 1 amide bonds. The van der Waals surface area contributed by atoms with Crippen LogP contribution in [-0.4, -0.2) is 27.4 Å². The number of hydrogen-bond acceptors (Lipinski definition) is 4. The number of aromatic nitrogens is 3. The van der Waals surface area contributed by atoms with Crippen LogP contribution in [0.3, 0.4) is 0 Å². The maximum absolute atomic E-state index is 13.7. The van der Waals surface area contributed by atoms with E-state index in [0.717, 1.165) is 28.6 Å². The third-order valence-electron chi connectivity index (χ3n) is 5.88. The Labute approximate surface area is 189 Å². The van der Waals surface area contributed by atoms with Crippen molar-refractivity contribution in [1.82, 2.24) is 15.0 Å². The molecule has 5 rings (SSSR count). The summed E-state index contributed by atoms with van der Waals surface area (Å²) in [6.07, 6.45) is 4.30. The number of carbonyl (C=O) groups is 1. The quantitative estimate of drug-likeness (QED) is 0.405. The molecule has 5 nitrogen and oxygen atoms in total. The van der Waals surface area contributed by atoms with E-state index in [1.54, 1.807) is 42.4 Å². The van der Waals surface area contributed by atoms with Gasteiger partial charge in [-0.25, -0.2) is 9.37 Å². The molecule has 1 saturated heterocycles. The van der Waals surface area contributed by atoms with E-state index in [1.165, 1.54) is 6.07 Å². The van der Waals surface area contributed by atoms with E-state index in [-0.39, 0.29) is 17.6 Å². The fraction of sp³-hybridized carbons (Fsp3) is 0.200. The van der Waals surface area contributed by atoms with Crippen LogP contribution in [0.15, 0.2) is 60.9 Å². The molecule has 160 valence electrons. The summed E-state index contributed by atoms with van der Waals surface area (Å²) in [5, 5.41) is 1.58. The highest BCUT2D eigenvalue weighted by atomic mass is 35.5. The molecule has 1 atom stereocenters. The van der Waals surface area contributed by atoms with Gasteiger partial charge in [0.15, 0.2) is 0 Å². The monoisotopic (exact) mass is 446 g/mol. The topological polar surface area (TPSA) is 59.0 Å². The highest BCUT2D eigenvalue weighted by molar-refractivity contribution is 6.31. The maximum atomic E-state index is 13.7. The van der Waals surface area contributed by atoms with Gasteiger partial charge in [-0.15, -0.1) is 0 Å². The molecule has 1 fully saturated rings. The zero-order valence-electron chi connectivity index (χ0n) is 17.4. The van der Waals surface area contributed by atoms with E-state index in [1.807, 2.05) is 24.3 Å². The first-order valence-corrected chi connectivity index (χ1v) is 10.8. The van der Waals surface area contributed by atoms with Gasteiger partial charge in [0.25, 0.3) is 0 Å². The van der Waals surface area contributed by atoms with Crippen LogP contribution in [0, 0.1) is 12.7 Å². The molecule has 0 bridgehead atoms. The Hall–Kier alpha value is -3.38. The Balaban J connectivity index is 1.42. The number of aryl methyl sites for hydroxylation is 1. The largest absolute Gasteiger partial charge is 0.297 e. The van der Waals surface area contributed by atoms with Crippen LogP contribution in [0.4, 0.5) is 10.2 Å². The molecular formula is C25H20ClFN4O. The van der Waals surface area contributed by atoms with Crippen molar-refractivity contribution in [1.29, 1.82) is 0 Å². The fourth-order valence-corrected chi connectivity index (χ4v) is 4.37. The number of halogens is 2. The maximum Gasteiger partial charge on any atom is 0.228 e. The number of anilines is 1. The number of carbonyl (C=O) groups excluding carboxylic acids is 1. The summed E-state index contributed by atoms with van der Waals surface area (Å²) in [5.41, 5.74) is 3.57. The van der Waals surface area contributed by atoms with Gasteiger partial charge in [-0.3, -0.25) is 19.7 Å². The average molecular weight is 447 g/mol. The first-order valence-electron chi connectivity index (χ1n) is 10.4. The molecule has 2 aromatic carbocycles. The predicted molar refractivity (Wildman–Crippen MR) is 123 cm³/mol. The first kappa shape index (κ1) is 20.5. The van der Waals surface area contributed by atoms with Crippen molar-refractivity contribution in [3.8, 4) is 11.3 Å². The molecule has 4 aromatic rings. The van der Waals surface area contributed by atoms with E-state index in [2.05, 4.69) is 15.0 Å². The number of nitrogens with zero attached hydrogens (tertiary/aromatic N) is 4. The molecule has 0 saturated carbocycles. The number of pyridine rings is 1. The van der Waals surface area contributed by atoms with Gasteiger partial charge in [0, 0.05) is 47.2 Å². The van der Waals surface area contributed by atoms with Crippen molar-refractivity contribution < 1.29 is 9.18 Å². The highest BCUT2D eigenvalue weighted by Gasteiger charge is 2.31. The summed E-state index contributed by atoms with van der Waals surface area (Å²) in [4.78, 5) is 28.5. The molecule has 1 unspecified atom stereocenters. The number of benzene rings is 2. The smallest absolute Gasteiger partial charge is 0.228 e. The van der Waals surface area contributed by atoms with Gasteiger partial charge in [0.2, 0.25) is 5.91 Å². The lowest BCUT2D eigenvalue weighted by Crippen LogP contribution is -2.39. The summed E-state index contributed by atoms with van der Waals surface area (Å²) < 4.78 is 13.7. The molecule has 0 aliphatic carbocycles. The van der Waals surface area contributed by atoms with Crippen molar-refractivity contribution >= 4 is 34.2 Å². The molecule has 0 spiro atoms. The zero-order chi connectivity index (χ0) is 22.2. The molecule has 1 aliphatic rings. The second kappa shape index (κ2) is 8.28. The number of fused-ring (bicyclic) bond motifs is 1. The Morgan fingerprint density at radius 3 is 2.69 bits per heavy atom. The predicted octanol–water partition coefficient (Wildman–Crippen LogP) is 5.70. The van der Waals surface area contributed by atoms with E-state index in [4.69, 9.17) is 11.6 Å². The van der Waals surface area contributed by atoms with Crippen molar-refractivity contribution in [3.05, 3.63) is 83.0 Å². The van der Waals surface area contributed by atoms with E-state index in [0.29, 0.717) is 35.1 Å². The number of rotatable bonds is 3. The van der Waals surface area contributed by atoms with Gasteiger partial charge in [-0.05, 0) is 61.4 Å². The molecule has 7 heteroatoms. The number of hydrogen-bond donors (Lipinski definition) is 0. The molecule has 2 aromatic heterocycles. The molecule has 3 heterocycles. The second-order valence-electron chi connectivity index (χ2n) is 8.00. The van der Waals surface area contributed by atoms with Gasteiger partial charge in [-0.2, -0.15) is 0 Å². The summed E-state index contributed by atoms with van der Waals surface area (Å²) in [6.45, 7) is 2.25. The highest BCUT2D eigenvalue weighted by Crippen LogP contribution is 2.35. The van der Waals surface area contributed by atoms with Crippen molar-refractivity contribution in [2.24, 2.45) is 0 Å². The summed E-state index contributed by atoms with van der Waals surface area (Å²) >= 11 is 6.10. The first-order chi connectivity index (χ1) is 15.5. The van der Waals surface area contributed by atoms with Crippen molar-refractivity contribution in [2.75, 3.05) is 11.4 Å².